The molecule has 0 radical (unpaired) electrons. The van der Waals surface area contributed by atoms with Crippen molar-refractivity contribution < 1.29 is 9.32 Å². The van der Waals surface area contributed by atoms with Crippen molar-refractivity contribution in [3.8, 4) is 17.5 Å². The van der Waals surface area contributed by atoms with Gasteiger partial charge in [-0.25, -0.2) is 0 Å². The predicted molar refractivity (Wildman–Crippen MR) is 131 cm³/mol. The molecule has 3 heterocycles. The highest BCUT2D eigenvalue weighted by Gasteiger charge is 2.28. The first-order valence-corrected chi connectivity index (χ1v) is 11.8. The van der Waals surface area contributed by atoms with Crippen LogP contribution in [0.15, 0.2) is 33.6 Å². The molecule has 1 saturated heterocycles. The highest BCUT2D eigenvalue weighted by molar-refractivity contribution is 5.76. The van der Waals surface area contributed by atoms with Crippen molar-refractivity contribution >= 4 is 5.91 Å². The minimum absolute atomic E-state index is 0.0465. The van der Waals surface area contributed by atoms with E-state index in [-0.39, 0.29) is 23.1 Å². The number of nitriles is 1. The number of H-pyrrole nitrogens is 1. The van der Waals surface area contributed by atoms with Gasteiger partial charge < -0.3 is 14.4 Å². The van der Waals surface area contributed by atoms with Gasteiger partial charge in [0.2, 0.25) is 17.6 Å². The number of pyridine rings is 1. The van der Waals surface area contributed by atoms with E-state index in [2.05, 4.69) is 20.0 Å². The molecule has 2 aromatic heterocycles. The van der Waals surface area contributed by atoms with Gasteiger partial charge in [0.25, 0.3) is 5.56 Å². The summed E-state index contributed by atoms with van der Waals surface area (Å²) in [6.45, 7) is 10.3. The van der Waals surface area contributed by atoms with Crippen LogP contribution in [-0.4, -0.2) is 57.0 Å². The number of hydrogen-bond acceptors (Lipinski definition) is 7. The molecule has 1 atom stereocenters. The highest BCUT2D eigenvalue weighted by atomic mass is 16.5. The van der Waals surface area contributed by atoms with Crippen LogP contribution in [-0.2, 0) is 11.2 Å². The van der Waals surface area contributed by atoms with Gasteiger partial charge in [-0.3, -0.25) is 14.5 Å². The second kappa shape index (κ2) is 10.2. The van der Waals surface area contributed by atoms with E-state index < -0.39 is 0 Å². The predicted octanol–water partition coefficient (Wildman–Crippen LogP) is 3.06. The van der Waals surface area contributed by atoms with Gasteiger partial charge in [-0.1, -0.05) is 35.0 Å². The quantitative estimate of drug-likeness (QED) is 0.583. The molecular formula is C26H30N6O3. The zero-order valence-corrected chi connectivity index (χ0v) is 20.6. The number of amides is 1. The van der Waals surface area contributed by atoms with E-state index in [9.17, 15) is 14.9 Å². The van der Waals surface area contributed by atoms with E-state index in [1.807, 2.05) is 49.1 Å². The second-order valence-electron chi connectivity index (χ2n) is 9.08. The topological polar surface area (TPSA) is 119 Å². The summed E-state index contributed by atoms with van der Waals surface area (Å²) in [6.07, 6.45) is 0.820. The number of nitrogens with one attached hydrogen (secondary N) is 1. The molecule has 1 N–H and O–H groups in total. The summed E-state index contributed by atoms with van der Waals surface area (Å²) in [5.41, 5.74) is 4.06. The molecule has 0 bridgehead atoms. The van der Waals surface area contributed by atoms with E-state index >= 15 is 0 Å². The molecule has 0 spiro atoms. The van der Waals surface area contributed by atoms with Gasteiger partial charge in [0.05, 0.1) is 6.04 Å². The summed E-state index contributed by atoms with van der Waals surface area (Å²) in [7, 11) is 0. The number of aromatic amines is 1. The molecule has 0 unspecified atom stereocenters. The van der Waals surface area contributed by atoms with Crippen LogP contribution in [0, 0.1) is 32.1 Å². The zero-order chi connectivity index (χ0) is 25.1. The number of aryl methyl sites for hydroxylation is 2. The Morgan fingerprint density at radius 2 is 1.86 bits per heavy atom. The van der Waals surface area contributed by atoms with Gasteiger partial charge in [-0.05, 0) is 45.2 Å². The summed E-state index contributed by atoms with van der Waals surface area (Å²) < 4.78 is 5.54. The van der Waals surface area contributed by atoms with E-state index in [1.54, 1.807) is 13.8 Å². The van der Waals surface area contributed by atoms with Gasteiger partial charge >= 0.3 is 0 Å². The van der Waals surface area contributed by atoms with E-state index in [1.165, 1.54) is 5.56 Å². The summed E-state index contributed by atoms with van der Waals surface area (Å²) in [6, 6.07) is 9.92. The smallest absolute Gasteiger partial charge is 0.266 e. The van der Waals surface area contributed by atoms with Crippen molar-refractivity contribution in [2.45, 2.75) is 46.6 Å². The lowest BCUT2D eigenvalue weighted by Crippen LogP contribution is -2.49. The third kappa shape index (κ3) is 5.17. The molecule has 1 amide bonds. The van der Waals surface area contributed by atoms with Crippen molar-refractivity contribution in [2.24, 2.45) is 0 Å². The van der Waals surface area contributed by atoms with Gasteiger partial charge in [-0.15, -0.1) is 0 Å². The molecule has 182 valence electrons. The summed E-state index contributed by atoms with van der Waals surface area (Å²) in [4.78, 5) is 36.2. The SMILES string of the molecule is Cc1ccc(-c2noc([C@@H](C)N3CCN(C(=O)CCc4c(C)[nH]c(=O)c(C#N)c4C)CC3)n2)cc1. The Bertz CT molecular complexity index is 1310. The number of rotatable bonds is 6. The third-order valence-corrected chi connectivity index (χ3v) is 6.83. The summed E-state index contributed by atoms with van der Waals surface area (Å²) in [5.74, 6) is 1.21. The zero-order valence-electron chi connectivity index (χ0n) is 20.6. The van der Waals surface area contributed by atoms with Crippen LogP contribution >= 0.6 is 0 Å². The first-order valence-electron chi connectivity index (χ1n) is 11.8. The lowest BCUT2D eigenvalue weighted by Gasteiger charge is -2.36. The Balaban J connectivity index is 1.33. The molecule has 0 saturated carbocycles. The highest BCUT2D eigenvalue weighted by Crippen LogP contribution is 2.24. The average Bonchev–Trinajstić information content (AvgIpc) is 3.34. The van der Waals surface area contributed by atoms with E-state index in [0.29, 0.717) is 62.0 Å². The van der Waals surface area contributed by atoms with Gasteiger partial charge in [0.1, 0.15) is 11.6 Å². The third-order valence-electron chi connectivity index (χ3n) is 6.83. The van der Waals surface area contributed by atoms with Crippen molar-refractivity contribution in [1.29, 1.82) is 5.26 Å². The van der Waals surface area contributed by atoms with Gasteiger partial charge in [0.15, 0.2) is 0 Å². The minimum atomic E-state index is -0.380. The normalized spacial score (nSPS) is 15.1. The van der Waals surface area contributed by atoms with Crippen LogP contribution in [0.5, 0.6) is 0 Å². The van der Waals surface area contributed by atoms with Crippen LogP contribution < -0.4 is 5.56 Å². The first-order chi connectivity index (χ1) is 16.8. The molecule has 3 aromatic rings. The van der Waals surface area contributed by atoms with Crippen molar-refractivity contribution in [2.75, 3.05) is 26.2 Å². The monoisotopic (exact) mass is 474 g/mol. The number of carbonyl (C=O) groups is 1. The van der Waals surface area contributed by atoms with Crippen LogP contribution in [0.1, 0.15) is 53.2 Å². The molecule has 9 nitrogen and oxygen atoms in total. The van der Waals surface area contributed by atoms with E-state index in [4.69, 9.17) is 4.52 Å². The van der Waals surface area contributed by atoms with Crippen molar-refractivity contribution in [3.05, 3.63) is 68.5 Å². The lowest BCUT2D eigenvalue weighted by atomic mass is 9.99. The second-order valence-corrected chi connectivity index (χ2v) is 9.08. The molecule has 1 fully saturated rings. The molecule has 4 rings (SSSR count). The largest absolute Gasteiger partial charge is 0.340 e. The number of hydrogen-bond donors (Lipinski definition) is 1. The molecular weight excluding hydrogens is 444 g/mol. The van der Waals surface area contributed by atoms with E-state index in [0.717, 1.165) is 11.1 Å². The number of nitrogens with zero attached hydrogens (tertiary/aromatic N) is 5. The molecule has 35 heavy (non-hydrogen) atoms. The fraction of sp³-hybridized carbons (Fsp3) is 0.423. The van der Waals surface area contributed by atoms with Crippen LogP contribution in [0.3, 0.4) is 0 Å². The Morgan fingerprint density at radius 3 is 2.51 bits per heavy atom. The maximum Gasteiger partial charge on any atom is 0.266 e. The standard InChI is InChI=1S/C26H30N6O3/c1-16-5-7-20(8-6-16)24-29-26(35-30-24)19(4)31-11-13-32(14-12-31)23(33)10-9-21-17(2)22(15-27)25(34)28-18(21)3/h5-8,19H,9-14H2,1-4H3,(H,28,34)/t19-/m1/s1. The fourth-order valence-electron chi connectivity index (χ4n) is 4.55. The lowest BCUT2D eigenvalue weighted by molar-refractivity contribution is -0.133. The van der Waals surface area contributed by atoms with Crippen LogP contribution in [0.25, 0.3) is 11.4 Å². The molecule has 1 aliphatic heterocycles. The number of benzene rings is 1. The maximum atomic E-state index is 12.9. The molecule has 9 heteroatoms. The average molecular weight is 475 g/mol. The Morgan fingerprint density at radius 1 is 1.17 bits per heavy atom. The summed E-state index contributed by atoms with van der Waals surface area (Å²) in [5, 5.41) is 13.4. The van der Waals surface area contributed by atoms with Crippen LogP contribution in [0.2, 0.25) is 0 Å². The number of piperazine rings is 1. The minimum Gasteiger partial charge on any atom is -0.340 e. The number of carbonyl (C=O) groups excluding carboxylic acids is 1. The number of aromatic nitrogens is 3. The molecule has 1 aromatic carbocycles. The Hall–Kier alpha value is -3.77. The molecule has 1 aliphatic rings. The maximum absolute atomic E-state index is 12.9. The Kier molecular flexibility index (Phi) is 7.12. The summed E-state index contributed by atoms with van der Waals surface area (Å²) >= 11 is 0. The molecule has 0 aliphatic carbocycles. The first kappa shape index (κ1) is 24.4. The van der Waals surface area contributed by atoms with Gasteiger partial charge in [0, 0.05) is 43.9 Å². The Labute approximate surface area is 204 Å². The van der Waals surface area contributed by atoms with Crippen molar-refractivity contribution in [3.63, 3.8) is 0 Å². The van der Waals surface area contributed by atoms with Gasteiger partial charge in [-0.2, -0.15) is 10.2 Å². The fourth-order valence-corrected chi connectivity index (χ4v) is 4.55. The van der Waals surface area contributed by atoms with Crippen molar-refractivity contribution in [1.82, 2.24) is 24.9 Å². The van der Waals surface area contributed by atoms with Crippen LogP contribution in [0.4, 0.5) is 0 Å².